The van der Waals surface area contributed by atoms with Gasteiger partial charge in [0.1, 0.15) is 5.82 Å². The molecule has 29 heavy (non-hydrogen) atoms. The van der Waals surface area contributed by atoms with Gasteiger partial charge in [-0.1, -0.05) is 24.3 Å². The number of nitrogens with zero attached hydrogens (tertiary/aromatic N) is 3. The number of anilines is 1. The molecule has 0 bridgehead atoms. The molecule has 6 rings (SSSR count). The molecule has 0 amide bonds. The fourth-order valence-corrected chi connectivity index (χ4v) is 5.01. The van der Waals surface area contributed by atoms with Crippen molar-refractivity contribution in [3.05, 3.63) is 54.0 Å². The fraction of sp³-hybridized carbons (Fsp3) is 0.435. The molecule has 0 aliphatic carbocycles. The van der Waals surface area contributed by atoms with Crippen LogP contribution in [0.5, 0.6) is 0 Å². The molecule has 0 radical (unpaired) electrons. The van der Waals surface area contributed by atoms with E-state index in [1.165, 1.54) is 22.5 Å². The van der Waals surface area contributed by atoms with Crippen LogP contribution in [-0.2, 0) is 0 Å². The summed E-state index contributed by atoms with van der Waals surface area (Å²) in [4.78, 5) is 10.0. The zero-order valence-corrected chi connectivity index (χ0v) is 16.7. The number of nitrogens with one attached hydrogen (secondary N) is 3. The number of para-hydroxylation sites is 1. The third-order valence-electron chi connectivity index (χ3n) is 6.81. The van der Waals surface area contributed by atoms with Crippen molar-refractivity contribution in [3.63, 3.8) is 0 Å². The maximum Gasteiger partial charge on any atom is 0.102 e. The molecule has 3 saturated heterocycles. The summed E-state index contributed by atoms with van der Waals surface area (Å²) in [5.74, 6) is 2.03. The first-order valence-corrected chi connectivity index (χ1v) is 10.8. The Morgan fingerprint density at radius 1 is 1.00 bits per heavy atom. The minimum Gasteiger partial charge on any atom is -0.369 e. The minimum atomic E-state index is 0.658. The molecule has 3 N–H and O–H groups in total. The SMILES string of the molecule is C1=C(c2cc(N3CC4CNC4C3)c3ccccc3n2)CNC(N2CCNCC2)=C1. The molecule has 3 fully saturated rings. The van der Waals surface area contributed by atoms with Crippen LogP contribution in [-0.4, -0.2) is 68.3 Å². The lowest BCUT2D eigenvalue weighted by atomic mass is 9.96. The van der Waals surface area contributed by atoms with E-state index in [4.69, 9.17) is 4.98 Å². The molecule has 2 aromatic rings. The highest BCUT2D eigenvalue weighted by atomic mass is 15.3. The van der Waals surface area contributed by atoms with Gasteiger partial charge in [0.25, 0.3) is 0 Å². The Morgan fingerprint density at radius 3 is 2.62 bits per heavy atom. The lowest BCUT2D eigenvalue weighted by molar-refractivity contribution is 0.282. The summed E-state index contributed by atoms with van der Waals surface area (Å²) in [6.07, 6.45) is 4.48. The van der Waals surface area contributed by atoms with Crippen LogP contribution in [0.4, 0.5) is 5.69 Å². The van der Waals surface area contributed by atoms with Crippen molar-refractivity contribution >= 4 is 22.2 Å². The van der Waals surface area contributed by atoms with E-state index in [1.807, 2.05) is 0 Å². The molecule has 0 saturated carbocycles. The molecule has 0 spiro atoms. The highest BCUT2D eigenvalue weighted by Gasteiger charge is 2.39. The van der Waals surface area contributed by atoms with Gasteiger partial charge in [0.2, 0.25) is 0 Å². The monoisotopic (exact) mass is 388 g/mol. The van der Waals surface area contributed by atoms with Crippen LogP contribution in [0.3, 0.4) is 0 Å². The smallest absolute Gasteiger partial charge is 0.102 e. The van der Waals surface area contributed by atoms with E-state index >= 15 is 0 Å². The Bertz CT molecular complexity index is 978. The molecule has 5 heterocycles. The third kappa shape index (κ3) is 3.07. The second kappa shape index (κ2) is 7.04. The molecule has 1 aromatic heterocycles. The molecular weight excluding hydrogens is 360 g/mol. The van der Waals surface area contributed by atoms with Gasteiger partial charge in [-0.15, -0.1) is 0 Å². The topological polar surface area (TPSA) is 55.5 Å². The van der Waals surface area contributed by atoms with E-state index < -0.39 is 0 Å². The fourth-order valence-electron chi connectivity index (χ4n) is 5.01. The Morgan fingerprint density at radius 2 is 1.90 bits per heavy atom. The number of rotatable bonds is 3. The van der Waals surface area contributed by atoms with Crippen molar-refractivity contribution in [2.75, 3.05) is 57.3 Å². The van der Waals surface area contributed by atoms with E-state index in [1.54, 1.807) is 0 Å². The van der Waals surface area contributed by atoms with Crippen LogP contribution in [0.15, 0.2) is 48.3 Å². The van der Waals surface area contributed by atoms with Crippen LogP contribution in [0.25, 0.3) is 16.5 Å². The predicted molar refractivity (Wildman–Crippen MR) is 118 cm³/mol. The van der Waals surface area contributed by atoms with E-state index in [-0.39, 0.29) is 0 Å². The van der Waals surface area contributed by atoms with Gasteiger partial charge in [0, 0.05) is 75.4 Å². The van der Waals surface area contributed by atoms with Crippen molar-refractivity contribution in [2.24, 2.45) is 5.92 Å². The minimum absolute atomic E-state index is 0.658. The van der Waals surface area contributed by atoms with Gasteiger partial charge in [-0.25, -0.2) is 4.98 Å². The number of allylic oxidation sites excluding steroid dienone is 2. The number of fused-ring (bicyclic) bond motifs is 2. The van der Waals surface area contributed by atoms with Gasteiger partial charge in [-0.3, -0.25) is 0 Å². The van der Waals surface area contributed by atoms with Gasteiger partial charge < -0.3 is 25.8 Å². The van der Waals surface area contributed by atoms with E-state index in [0.717, 1.165) is 69.5 Å². The van der Waals surface area contributed by atoms with Crippen molar-refractivity contribution in [1.29, 1.82) is 0 Å². The molecule has 1 aromatic carbocycles. The largest absolute Gasteiger partial charge is 0.369 e. The summed E-state index contributed by atoms with van der Waals surface area (Å²) in [5.41, 5.74) is 4.77. The first-order valence-electron chi connectivity index (χ1n) is 10.8. The number of hydrogen-bond donors (Lipinski definition) is 3. The first-order chi connectivity index (χ1) is 14.3. The summed E-state index contributed by atoms with van der Waals surface area (Å²) in [6.45, 7) is 8.46. The van der Waals surface area contributed by atoms with Gasteiger partial charge in [0.05, 0.1) is 11.2 Å². The van der Waals surface area contributed by atoms with E-state index in [9.17, 15) is 0 Å². The highest BCUT2D eigenvalue weighted by Crippen LogP contribution is 2.34. The second-order valence-corrected chi connectivity index (χ2v) is 8.56. The number of hydrogen-bond acceptors (Lipinski definition) is 6. The Hall–Kier alpha value is -2.57. The van der Waals surface area contributed by atoms with Crippen LogP contribution in [0, 0.1) is 5.92 Å². The van der Waals surface area contributed by atoms with Crippen LogP contribution in [0.1, 0.15) is 5.69 Å². The molecule has 6 nitrogen and oxygen atoms in total. The molecule has 6 heteroatoms. The van der Waals surface area contributed by atoms with Crippen molar-refractivity contribution in [2.45, 2.75) is 6.04 Å². The molecule has 2 unspecified atom stereocenters. The zero-order chi connectivity index (χ0) is 19.2. The van der Waals surface area contributed by atoms with Gasteiger partial charge in [0.15, 0.2) is 0 Å². The quantitative estimate of drug-likeness (QED) is 0.739. The number of benzene rings is 1. The molecule has 2 atom stereocenters. The summed E-state index contributed by atoms with van der Waals surface area (Å²) in [7, 11) is 0. The number of dihydropyridines is 1. The Balaban J connectivity index is 1.34. The number of pyridine rings is 1. The second-order valence-electron chi connectivity index (χ2n) is 8.56. The highest BCUT2D eigenvalue weighted by molar-refractivity contribution is 5.94. The van der Waals surface area contributed by atoms with Gasteiger partial charge in [-0.2, -0.15) is 0 Å². The van der Waals surface area contributed by atoms with Gasteiger partial charge >= 0.3 is 0 Å². The first kappa shape index (κ1) is 17.3. The van der Waals surface area contributed by atoms with Crippen molar-refractivity contribution < 1.29 is 0 Å². The molecule has 4 aliphatic heterocycles. The van der Waals surface area contributed by atoms with Crippen LogP contribution in [0.2, 0.25) is 0 Å². The third-order valence-corrected chi connectivity index (χ3v) is 6.81. The standard InChI is InChI=1S/C23H28N6/c1-2-4-19-18(3-1)22(29-14-17-13-25-21(17)15-29)11-20(27-19)16-5-6-23(26-12-16)28-9-7-24-8-10-28/h1-6,11,17,21,24-26H,7-10,12-15H2. The summed E-state index contributed by atoms with van der Waals surface area (Å²) < 4.78 is 0. The molecule has 4 aliphatic rings. The van der Waals surface area contributed by atoms with Crippen LogP contribution >= 0.6 is 0 Å². The lowest BCUT2D eigenvalue weighted by Crippen LogP contribution is -2.51. The molecule has 150 valence electrons. The average Bonchev–Trinajstić information content (AvgIpc) is 3.07. The van der Waals surface area contributed by atoms with Gasteiger partial charge in [-0.05, 0) is 23.8 Å². The predicted octanol–water partition coefficient (Wildman–Crippen LogP) is 1.38. The Labute approximate surface area is 171 Å². The summed E-state index contributed by atoms with van der Waals surface area (Å²) in [5, 5.41) is 11.9. The normalized spacial score (nSPS) is 26.5. The number of aromatic nitrogens is 1. The lowest BCUT2D eigenvalue weighted by Gasteiger charge is -2.33. The van der Waals surface area contributed by atoms with Crippen molar-refractivity contribution in [3.8, 4) is 0 Å². The maximum absolute atomic E-state index is 5.02. The van der Waals surface area contributed by atoms with Crippen molar-refractivity contribution in [1.82, 2.24) is 25.8 Å². The van der Waals surface area contributed by atoms with E-state index in [0.29, 0.717) is 6.04 Å². The summed E-state index contributed by atoms with van der Waals surface area (Å²) >= 11 is 0. The number of piperazine rings is 1. The maximum atomic E-state index is 5.02. The Kier molecular flexibility index (Phi) is 4.20. The average molecular weight is 389 g/mol. The van der Waals surface area contributed by atoms with E-state index in [2.05, 4.69) is 68.2 Å². The van der Waals surface area contributed by atoms with Crippen LogP contribution < -0.4 is 20.9 Å². The molecular formula is C23H28N6. The zero-order valence-electron chi connectivity index (χ0n) is 16.7. The summed E-state index contributed by atoms with van der Waals surface area (Å²) in [6, 6.07) is 11.5.